The molecular formula is C14H16ClFN4. The van der Waals surface area contributed by atoms with Crippen molar-refractivity contribution in [2.45, 2.75) is 19.8 Å². The van der Waals surface area contributed by atoms with Gasteiger partial charge >= 0.3 is 0 Å². The predicted octanol–water partition coefficient (Wildman–Crippen LogP) is 4.18. The zero-order valence-corrected chi connectivity index (χ0v) is 12.3. The summed E-state index contributed by atoms with van der Waals surface area (Å²) in [6.07, 6.45) is 0. The molecule has 2 rings (SSSR count). The molecule has 1 aromatic carbocycles. The fourth-order valence-electron chi connectivity index (χ4n) is 1.65. The van der Waals surface area contributed by atoms with Crippen LogP contribution in [0.15, 0.2) is 24.3 Å². The fraction of sp³-hybridized carbons (Fsp3) is 0.286. The predicted molar refractivity (Wildman–Crippen MR) is 80.4 cm³/mol. The minimum atomic E-state index is -0.495. The Balaban J connectivity index is 2.37. The van der Waals surface area contributed by atoms with Crippen LogP contribution in [0.5, 0.6) is 0 Å². The summed E-state index contributed by atoms with van der Waals surface area (Å²) in [6, 6.07) is 6.50. The molecule has 2 N–H and O–H groups in total. The van der Waals surface area contributed by atoms with E-state index in [4.69, 9.17) is 11.6 Å². The Morgan fingerprint density at radius 3 is 2.55 bits per heavy atom. The summed E-state index contributed by atoms with van der Waals surface area (Å²) in [4.78, 5) is 8.73. The standard InChI is InChI=1S/C14H16ClFN4/c1-8(2)14-19-11(17-3)7-12(20-14)18-10-6-4-5-9(15)13(10)16/h4-8H,1-3H3,(H2,17,18,19,20). The van der Waals surface area contributed by atoms with Crippen LogP contribution < -0.4 is 10.6 Å². The largest absolute Gasteiger partial charge is 0.373 e. The van der Waals surface area contributed by atoms with E-state index in [0.717, 1.165) is 0 Å². The molecule has 0 radical (unpaired) electrons. The molecule has 0 aliphatic heterocycles. The summed E-state index contributed by atoms with van der Waals surface area (Å²) in [7, 11) is 1.77. The maximum absolute atomic E-state index is 13.9. The third-order valence-electron chi connectivity index (χ3n) is 2.73. The fourth-order valence-corrected chi connectivity index (χ4v) is 1.83. The molecule has 6 heteroatoms. The van der Waals surface area contributed by atoms with Crippen molar-refractivity contribution in [3.8, 4) is 0 Å². The average molecular weight is 295 g/mol. The van der Waals surface area contributed by atoms with Gasteiger partial charge in [-0.3, -0.25) is 0 Å². The lowest BCUT2D eigenvalue weighted by atomic mass is 10.2. The lowest BCUT2D eigenvalue weighted by Gasteiger charge is -2.12. The molecule has 1 heterocycles. The minimum absolute atomic E-state index is 0.0713. The van der Waals surface area contributed by atoms with Crippen LogP contribution >= 0.6 is 11.6 Å². The van der Waals surface area contributed by atoms with E-state index in [9.17, 15) is 4.39 Å². The monoisotopic (exact) mass is 294 g/mol. The van der Waals surface area contributed by atoms with Gasteiger partial charge in [0, 0.05) is 19.0 Å². The Kier molecular flexibility index (Phi) is 4.39. The molecule has 2 aromatic rings. The van der Waals surface area contributed by atoms with E-state index >= 15 is 0 Å². The van der Waals surface area contributed by atoms with Gasteiger partial charge in [0.25, 0.3) is 0 Å². The van der Waals surface area contributed by atoms with Crippen molar-refractivity contribution in [1.29, 1.82) is 0 Å². The molecule has 0 aliphatic rings. The Hall–Kier alpha value is -1.88. The van der Waals surface area contributed by atoms with Crippen molar-refractivity contribution < 1.29 is 4.39 Å². The minimum Gasteiger partial charge on any atom is -0.373 e. The SMILES string of the molecule is CNc1cc(Nc2cccc(Cl)c2F)nc(C(C)C)n1. The maximum atomic E-state index is 13.9. The molecule has 20 heavy (non-hydrogen) atoms. The normalized spacial score (nSPS) is 10.7. The second kappa shape index (κ2) is 6.05. The lowest BCUT2D eigenvalue weighted by Crippen LogP contribution is -2.05. The highest BCUT2D eigenvalue weighted by Crippen LogP contribution is 2.26. The van der Waals surface area contributed by atoms with Gasteiger partial charge in [0.05, 0.1) is 10.7 Å². The van der Waals surface area contributed by atoms with Crippen LogP contribution in [0, 0.1) is 5.82 Å². The molecule has 106 valence electrons. The van der Waals surface area contributed by atoms with E-state index in [1.807, 2.05) is 13.8 Å². The third-order valence-corrected chi connectivity index (χ3v) is 3.02. The Labute approximate surface area is 122 Å². The van der Waals surface area contributed by atoms with Crippen molar-refractivity contribution in [1.82, 2.24) is 9.97 Å². The highest BCUT2D eigenvalue weighted by molar-refractivity contribution is 6.31. The summed E-state index contributed by atoms with van der Waals surface area (Å²) in [5.41, 5.74) is 0.285. The van der Waals surface area contributed by atoms with Crippen LogP contribution in [0.4, 0.5) is 21.7 Å². The number of halogens is 2. The summed E-state index contributed by atoms with van der Waals surface area (Å²) in [5.74, 6) is 1.56. The van der Waals surface area contributed by atoms with Gasteiger partial charge in [-0.05, 0) is 12.1 Å². The molecule has 0 unspecified atom stereocenters. The van der Waals surface area contributed by atoms with Gasteiger partial charge < -0.3 is 10.6 Å². The summed E-state index contributed by atoms with van der Waals surface area (Å²) in [6.45, 7) is 4.00. The number of rotatable bonds is 4. The number of benzene rings is 1. The van der Waals surface area contributed by atoms with Crippen LogP contribution in [0.1, 0.15) is 25.6 Å². The zero-order valence-electron chi connectivity index (χ0n) is 11.5. The van der Waals surface area contributed by atoms with Gasteiger partial charge in [-0.25, -0.2) is 14.4 Å². The van der Waals surface area contributed by atoms with Crippen LogP contribution in [0.3, 0.4) is 0 Å². The molecule has 0 saturated carbocycles. The van der Waals surface area contributed by atoms with E-state index in [-0.39, 0.29) is 16.6 Å². The van der Waals surface area contributed by atoms with E-state index in [1.165, 1.54) is 6.07 Å². The van der Waals surface area contributed by atoms with Gasteiger partial charge in [-0.2, -0.15) is 0 Å². The highest BCUT2D eigenvalue weighted by Gasteiger charge is 2.10. The molecular weight excluding hydrogens is 279 g/mol. The Morgan fingerprint density at radius 1 is 1.20 bits per heavy atom. The van der Waals surface area contributed by atoms with Gasteiger partial charge in [0.2, 0.25) is 0 Å². The summed E-state index contributed by atoms with van der Waals surface area (Å²) >= 11 is 5.76. The molecule has 4 nitrogen and oxygen atoms in total. The molecule has 0 spiro atoms. The third kappa shape index (κ3) is 3.17. The zero-order chi connectivity index (χ0) is 14.7. The first-order valence-corrected chi connectivity index (χ1v) is 6.67. The number of hydrogen-bond acceptors (Lipinski definition) is 4. The van der Waals surface area contributed by atoms with Crippen molar-refractivity contribution in [3.05, 3.63) is 40.9 Å². The van der Waals surface area contributed by atoms with E-state index in [1.54, 1.807) is 25.2 Å². The van der Waals surface area contributed by atoms with Crippen LogP contribution in [0.2, 0.25) is 5.02 Å². The molecule has 1 aromatic heterocycles. The second-order valence-electron chi connectivity index (χ2n) is 4.63. The summed E-state index contributed by atoms with van der Waals surface area (Å²) < 4.78 is 13.9. The van der Waals surface area contributed by atoms with Crippen LogP contribution in [-0.4, -0.2) is 17.0 Å². The van der Waals surface area contributed by atoms with E-state index in [0.29, 0.717) is 17.5 Å². The van der Waals surface area contributed by atoms with Crippen molar-refractivity contribution in [2.75, 3.05) is 17.7 Å². The molecule has 0 saturated heterocycles. The Bertz CT molecular complexity index is 616. The van der Waals surface area contributed by atoms with Crippen LogP contribution in [-0.2, 0) is 0 Å². The van der Waals surface area contributed by atoms with E-state index < -0.39 is 5.82 Å². The van der Waals surface area contributed by atoms with Gasteiger partial charge in [-0.1, -0.05) is 31.5 Å². The average Bonchev–Trinajstić information content (AvgIpc) is 2.43. The van der Waals surface area contributed by atoms with Crippen molar-refractivity contribution in [2.24, 2.45) is 0 Å². The number of anilines is 3. The number of nitrogens with one attached hydrogen (secondary N) is 2. The van der Waals surface area contributed by atoms with Crippen LogP contribution in [0.25, 0.3) is 0 Å². The lowest BCUT2D eigenvalue weighted by molar-refractivity contribution is 0.632. The van der Waals surface area contributed by atoms with Gasteiger partial charge in [-0.15, -0.1) is 0 Å². The van der Waals surface area contributed by atoms with Crippen molar-refractivity contribution in [3.63, 3.8) is 0 Å². The topological polar surface area (TPSA) is 49.8 Å². The number of nitrogens with zero attached hydrogens (tertiary/aromatic N) is 2. The van der Waals surface area contributed by atoms with Crippen molar-refractivity contribution >= 4 is 28.9 Å². The quantitative estimate of drug-likeness (QED) is 0.888. The van der Waals surface area contributed by atoms with E-state index in [2.05, 4.69) is 20.6 Å². The second-order valence-corrected chi connectivity index (χ2v) is 5.03. The highest BCUT2D eigenvalue weighted by atomic mass is 35.5. The molecule has 0 bridgehead atoms. The molecule has 0 fully saturated rings. The first-order valence-electron chi connectivity index (χ1n) is 6.29. The van der Waals surface area contributed by atoms with Gasteiger partial charge in [0.15, 0.2) is 5.82 Å². The maximum Gasteiger partial charge on any atom is 0.165 e. The first-order chi connectivity index (χ1) is 9.51. The summed E-state index contributed by atoms with van der Waals surface area (Å²) in [5, 5.41) is 5.97. The molecule has 0 amide bonds. The number of hydrogen-bond donors (Lipinski definition) is 2. The first kappa shape index (κ1) is 14.5. The smallest absolute Gasteiger partial charge is 0.165 e. The molecule has 0 atom stereocenters. The number of aromatic nitrogens is 2. The Morgan fingerprint density at radius 2 is 1.90 bits per heavy atom. The van der Waals surface area contributed by atoms with Gasteiger partial charge in [0.1, 0.15) is 17.5 Å². The molecule has 0 aliphatic carbocycles.